The van der Waals surface area contributed by atoms with E-state index in [2.05, 4.69) is 12.2 Å². The molecule has 2 amide bonds. The van der Waals surface area contributed by atoms with Crippen LogP contribution in [0.5, 0.6) is 11.5 Å². The second kappa shape index (κ2) is 5.56. The van der Waals surface area contributed by atoms with Gasteiger partial charge in [0.25, 0.3) is 0 Å². The van der Waals surface area contributed by atoms with E-state index in [1.165, 1.54) is 10.5 Å². The zero-order valence-electron chi connectivity index (χ0n) is 14.5. The van der Waals surface area contributed by atoms with E-state index in [-0.39, 0.29) is 35.5 Å². The van der Waals surface area contributed by atoms with Crippen LogP contribution >= 0.6 is 0 Å². The lowest BCUT2D eigenvalue weighted by Crippen LogP contribution is -2.32. The molecule has 0 N–H and O–H groups in total. The maximum Gasteiger partial charge on any atom is 0.238 e. The van der Waals surface area contributed by atoms with Crippen molar-refractivity contribution in [2.45, 2.75) is 13.3 Å². The number of ether oxygens (including phenoxy) is 1. The zero-order chi connectivity index (χ0) is 17.8. The van der Waals surface area contributed by atoms with Gasteiger partial charge < -0.3 is 4.74 Å². The standard InChI is InChI=1S/C22H19NO3/c1-13-2-8-17(9-3-13)26-18-10-6-16(7-11-18)23-21(24)19-14-4-5-15(12-14)20(19)22(23)25/h2-11,14-15,19-20H,12H2,1H3/t14-,15-,19+,20+/m1/s1. The van der Waals surface area contributed by atoms with Crippen LogP contribution in [0.2, 0.25) is 0 Å². The van der Waals surface area contributed by atoms with E-state index in [1.807, 2.05) is 31.2 Å². The molecule has 130 valence electrons. The number of amides is 2. The van der Waals surface area contributed by atoms with Gasteiger partial charge in [-0.25, -0.2) is 0 Å². The number of carbonyl (C=O) groups excluding carboxylic acids is 2. The number of rotatable bonds is 3. The topological polar surface area (TPSA) is 46.6 Å². The van der Waals surface area contributed by atoms with E-state index < -0.39 is 0 Å². The van der Waals surface area contributed by atoms with Crippen LogP contribution in [0.3, 0.4) is 0 Å². The maximum atomic E-state index is 12.8. The summed E-state index contributed by atoms with van der Waals surface area (Å²) in [5.74, 6) is 1.47. The molecule has 2 aromatic carbocycles. The van der Waals surface area contributed by atoms with Gasteiger partial charge in [-0.1, -0.05) is 29.8 Å². The van der Waals surface area contributed by atoms with E-state index in [4.69, 9.17) is 4.74 Å². The number of carbonyl (C=O) groups is 2. The second-order valence-electron chi connectivity index (χ2n) is 7.42. The first kappa shape index (κ1) is 15.4. The molecule has 0 spiro atoms. The summed E-state index contributed by atoms with van der Waals surface area (Å²) in [7, 11) is 0. The lowest BCUT2D eigenvalue weighted by Gasteiger charge is -2.17. The summed E-state index contributed by atoms with van der Waals surface area (Å²) in [6.07, 6.45) is 5.17. The molecule has 0 aromatic heterocycles. The summed E-state index contributed by atoms with van der Waals surface area (Å²) in [6, 6.07) is 15.0. The van der Waals surface area contributed by atoms with Crippen molar-refractivity contribution in [2.24, 2.45) is 23.7 Å². The van der Waals surface area contributed by atoms with Crippen molar-refractivity contribution in [2.75, 3.05) is 4.90 Å². The smallest absolute Gasteiger partial charge is 0.238 e. The van der Waals surface area contributed by atoms with E-state index in [1.54, 1.807) is 24.3 Å². The summed E-state index contributed by atoms with van der Waals surface area (Å²) >= 11 is 0. The average molecular weight is 345 g/mol. The Balaban J connectivity index is 1.37. The molecule has 26 heavy (non-hydrogen) atoms. The molecule has 4 nitrogen and oxygen atoms in total. The molecular formula is C22H19NO3. The molecule has 0 unspecified atom stereocenters. The molecular weight excluding hydrogens is 326 g/mol. The van der Waals surface area contributed by atoms with E-state index in [0.717, 1.165) is 12.2 Å². The number of aryl methyl sites for hydroxylation is 1. The summed E-state index contributed by atoms with van der Waals surface area (Å²) < 4.78 is 5.82. The number of benzene rings is 2. The third-order valence-corrected chi connectivity index (χ3v) is 5.82. The molecule has 1 saturated carbocycles. The fraction of sp³-hybridized carbons (Fsp3) is 0.273. The van der Waals surface area contributed by atoms with E-state index in [9.17, 15) is 9.59 Å². The van der Waals surface area contributed by atoms with E-state index in [0.29, 0.717) is 11.4 Å². The minimum atomic E-state index is -0.166. The number of hydrogen-bond acceptors (Lipinski definition) is 3. The molecule has 2 aliphatic carbocycles. The third-order valence-electron chi connectivity index (χ3n) is 5.82. The minimum absolute atomic E-state index is 0.0518. The maximum absolute atomic E-state index is 12.8. The Hall–Kier alpha value is -2.88. The highest BCUT2D eigenvalue weighted by Gasteiger charge is 2.59. The Morgan fingerprint density at radius 1 is 0.808 bits per heavy atom. The summed E-state index contributed by atoms with van der Waals surface area (Å²) in [4.78, 5) is 27.0. The molecule has 1 saturated heterocycles. The first-order valence-electron chi connectivity index (χ1n) is 9.02. The molecule has 0 radical (unpaired) electrons. The highest BCUT2D eigenvalue weighted by Crippen LogP contribution is 2.53. The highest BCUT2D eigenvalue weighted by atomic mass is 16.5. The average Bonchev–Trinajstić information content (AvgIpc) is 3.32. The number of anilines is 1. The van der Waals surface area contributed by atoms with Crippen LogP contribution in [0.4, 0.5) is 5.69 Å². The van der Waals surface area contributed by atoms with Gasteiger partial charge in [0.15, 0.2) is 0 Å². The van der Waals surface area contributed by atoms with Crippen LogP contribution in [-0.2, 0) is 9.59 Å². The Morgan fingerprint density at radius 2 is 1.31 bits per heavy atom. The van der Waals surface area contributed by atoms with Gasteiger partial charge in [0.05, 0.1) is 17.5 Å². The van der Waals surface area contributed by atoms with Gasteiger partial charge in [0, 0.05) is 0 Å². The molecule has 2 aromatic rings. The van der Waals surface area contributed by atoms with Gasteiger partial charge >= 0.3 is 0 Å². The molecule has 2 fully saturated rings. The predicted octanol–water partition coefficient (Wildman–Crippen LogP) is 4.10. The minimum Gasteiger partial charge on any atom is -0.457 e. The summed E-state index contributed by atoms with van der Waals surface area (Å²) in [5.41, 5.74) is 1.80. The Kier molecular flexibility index (Phi) is 3.29. The van der Waals surface area contributed by atoms with Gasteiger partial charge in [-0.05, 0) is 61.6 Å². The lowest BCUT2D eigenvalue weighted by atomic mass is 9.85. The van der Waals surface area contributed by atoms with Crippen LogP contribution in [0, 0.1) is 30.6 Å². The zero-order valence-corrected chi connectivity index (χ0v) is 14.5. The van der Waals surface area contributed by atoms with Crippen molar-refractivity contribution >= 4 is 17.5 Å². The molecule has 3 aliphatic rings. The lowest BCUT2D eigenvalue weighted by molar-refractivity contribution is -0.123. The summed E-state index contributed by atoms with van der Waals surface area (Å²) in [6.45, 7) is 2.03. The Labute approximate surface area is 152 Å². The van der Waals surface area contributed by atoms with Crippen molar-refractivity contribution in [1.29, 1.82) is 0 Å². The van der Waals surface area contributed by atoms with Gasteiger partial charge in [-0.15, -0.1) is 0 Å². The number of imide groups is 1. The molecule has 5 rings (SSSR count). The van der Waals surface area contributed by atoms with Crippen LogP contribution in [0.15, 0.2) is 60.7 Å². The molecule has 2 bridgehead atoms. The molecule has 4 heteroatoms. The predicted molar refractivity (Wildman–Crippen MR) is 97.9 cm³/mol. The largest absolute Gasteiger partial charge is 0.457 e. The quantitative estimate of drug-likeness (QED) is 0.621. The first-order valence-corrected chi connectivity index (χ1v) is 9.02. The van der Waals surface area contributed by atoms with Gasteiger partial charge in [-0.3, -0.25) is 14.5 Å². The highest BCUT2D eigenvalue weighted by molar-refractivity contribution is 6.22. The van der Waals surface area contributed by atoms with Gasteiger partial charge in [-0.2, -0.15) is 0 Å². The monoisotopic (exact) mass is 345 g/mol. The second-order valence-corrected chi connectivity index (χ2v) is 7.42. The van der Waals surface area contributed by atoms with Gasteiger partial charge in [0.2, 0.25) is 11.8 Å². The number of hydrogen-bond donors (Lipinski definition) is 0. The molecule has 1 aliphatic heterocycles. The van der Waals surface area contributed by atoms with Crippen LogP contribution in [0.25, 0.3) is 0 Å². The van der Waals surface area contributed by atoms with Crippen molar-refractivity contribution in [1.82, 2.24) is 0 Å². The molecule has 4 atom stereocenters. The van der Waals surface area contributed by atoms with Crippen molar-refractivity contribution < 1.29 is 14.3 Å². The number of allylic oxidation sites excluding steroid dienone is 2. The number of nitrogens with zero attached hydrogens (tertiary/aromatic N) is 1. The normalized spacial score (nSPS) is 28.7. The fourth-order valence-electron chi connectivity index (χ4n) is 4.56. The molecule has 1 heterocycles. The Bertz CT molecular complexity index is 883. The van der Waals surface area contributed by atoms with Crippen molar-refractivity contribution in [3.05, 3.63) is 66.2 Å². The first-order chi connectivity index (χ1) is 12.6. The van der Waals surface area contributed by atoms with Crippen LogP contribution in [-0.4, -0.2) is 11.8 Å². The fourth-order valence-corrected chi connectivity index (χ4v) is 4.56. The Morgan fingerprint density at radius 3 is 1.85 bits per heavy atom. The van der Waals surface area contributed by atoms with Crippen LogP contribution in [0.1, 0.15) is 12.0 Å². The SMILES string of the molecule is Cc1ccc(Oc2ccc(N3C(=O)[C@@H]4[C@@H](C3=O)[C@@H]3C=C[C@@H]4C3)cc2)cc1. The van der Waals surface area contributed by atoms with Gasteiger partial charge in [0.1, 0.15) is 11.5 Å². The summed E-state index contributed by atoms with van der Waals surface area (Å²) in [5, 5.41) is 0. The van der Waals surface area contributed by atoms with Crippen molar-refractivity contribution in [3.63, 3.8) is 0 Å². The van der Waals surface area contributed by atoms with E-state index >= 15 is 0 Å². The van der Waals surface area contributed by atoms with Crippen LogP contribution < -0.4 is 9.64 Å². The van der Waals surface area contributed by atoms with Crippen molar-refractivity contribution in [3.8, 4) is 11.5 Å². The number of fused-ring (bicyclic) bond motifs is 5. The third kappa shape index (κ3) is 2.22.